The molecule has 3 aromatic rings. The quantitative estimate of drug-likeness (QED) is 0.375. The van der Waals surface area contributed by atoms with Gasteiger partial charge >= 0.3 is 6.09 Å². The fourth-order valence-corrected chi connectivity index (χ4v) is 3.82. The number of benzene rings is 2. The van der Waals surface area contributed by atoms with Crippen LogP contribution in [0.15, 0.2) is 60.7 Å². The predicted octanol–water partition coefficient (Wildman–Crippen LogP) is 6.22. The number of amides is 1. The molecule has 0 unspecified atom stereocenters. The Morgan fingerprint density at radius 3 is 2.19 bits per heavy atom. The molecular formula is C26H33N3O2. The molecule has 3 rings (SSSR count). The van der Waals surface area contributed by atoms with Crippen molar-refractivity contribution in [1.82, 2.24) is 14.9 Å². The van der Waals surface area contributed by atoms with Crippen LogP contribution in [0.5, 0.6) is 0 Å². The van der Waals surface area contributed by atoms with Gasteiger partial charge in [0.15, 0.2) is 0 Å². The van der Waals surface area contributed by atoms with Crippen LogP contribution in [-0.2, 0) is 11.3 Å². The summed E-state index contributed by atoms with van der Waals surface area (Å²) in [6, 6.07) is 21.0. The summed E-state index contributed by atoms with van der Waals surface area (Å²) in [7, 11) is 0. The van der Waals surface area contributed by atoms with Gasteiger partial charge in [-0.2, -0.15) is 0 Å². The molecule has 1 aromatic heterocycles. The Hall–Kier alpha value is -3.08. The van der Waals surface area contributed by atoms with Crippen LogP contribution in [-0.4, -0.2) is 28.8 Å². The Morgan fingerprint density at radius 1 is 0.903 bits per heavy atom. The van der Waals surface area contributed by atoms with Crippen LogP contribution in [0.25, 0.3) is 22.5 Å². The van der Waals surface area contributed by atoms with E-state index in [0.717, 1.165) is 55.7 Å². The highest BCUT2D eigenvalue weighted by atomic mass is 16.5. The van der Waals surface area contributed by atoms with E-state index in [1.54, 1.807) is 0 Å². The van der Waals surface area contributed by atoms with Gasteiger partial charge in [0.25, 0.3) is 0 Å². The number of rotatable bonds is 11. The van der Waals surface area contributed by atoms with Gasteiger partial charge in [0.2, 0.25) is 0 Å². The first-order valence-corrected chi connectivity index (χ1v) is 11.3. The van der Waals surface area contributed by atoms with Crippen LogP contribution >= 0.6 is 0 Å². The van der Waals surface area contributed by atoms with Crippen molar-refractivity contribution < 1.29 is 9.53 Å². The van der Waals surface area contributed by atoms with E-state index in [2.05, 4.69) is 71.4 Å². The third-order valence-electron chi connectivity index (χ3n) is 5.36. The minimum Gasteiger partial charge on any atom is -0.450 e. The summed E-state index contributed by atoms with van der Waals surface area (Å²) in [5.41, 5.74) is 4.60. The van der Waals surface area contributed by atoms with Gasteiger partial charge in [-0.1, -0.05) is 79.9 Å². The van der Waals surface area contributed by atoms with E-state index in [-0.39, 0.29) is 6.09 Å². The number of nitrogens with zero attached hydrogens (tertiary/aromatic N) is 2. The van der Waals surface area contributed by atoms with Crippen molar-refractivity contribution in [2.75, 3.05) is 13.2 Å². The number of ether oxygens (including phenoxy) is 1. The molecule has 5 heteroatoms. The Morgan fingerprint density at radius 2 is 1.52 bits per heavy atom. The van der Waals surface area contributed by atoms with Crippen molar-refractivity contribution >= 4 is 6.09 Å². The predicted molar refractivity (Wildman–Crippen MR) is 126 cm³/mol. The number of imidazole rings is 1. The fraction of sp³-hybridized carbons (Fsp3) is 0.385. The van der Waals surface area contributed by atoms with Crippen LogP contribution in [0.4, 0.5) is 4.79 Å². The molecule has 0 saturated carbocycles. The summed E-state index contributed by atoms with van der Waals surface area (Å²) in [6.07, 6.45) is 5.19. The molecule has 0 aliphatic rings. The van der Waals surface area contributed by atoms with Crippen LogP contribution in [0.2, 0.25) is 0 Å². The minimum absolute atomic E-state index is 0.319. The van der Waals surface area contributed by atoms with Gasteiger partial charge in [0.05, 0.1) is 18.0 Å². The summed E-state index contributed by atoms with van der Waals surface area (Å²) in [6.45, 7) is 5.96. The Bertz CT molecular complexity index is 936. The average Bonchev–Trinajstić information content (AvgIpc) is 3.13. The van der Waals surface area contributed by atoms with E-state index in [9.17, 15) is 4.79 Å². The number of aryl methyl sites for hydroxylation is 1. The fourth-order valence-electron chi connectivity index (χ4n) is 3.82. The highest BCUT2D eigenvalue weighted by Crippen LogP contribution is 2.33. The van der Waals surface area contributed by atoms with E-state index in [1.807, 2.05) is 13.0 Å². The molecule has 0 aliphatic heterocycles. The smallest absolute Gasteiger partial charge is 0.407 e. The molecule has 0 bridgehead atoms. The van der Waals surface area contributed by atoms with Crippen molar-refractivity contribution in [2.45, 2.75) is 52.5 Å². The van der Waals surface area contributed by atoms with E-state index >= 15 is 0 Å². The van der Waals surface area contributed by atoms with Crippen LogP contribution in [0, 0.1) is 6.92 Å². The molecule has 0 saturated heterocycles. The Balaban J connectivity index is 1.59. The number of hydrogen-bond donors (Lipinski definition) is 1. The lowest BCUT2D eigenvalue weighted by Gasteiger charge is -2.12. The number of alkyl carbamates (subject to hydrolysis) is 1. The number of nitrogens with one attached hydrogen (secondary N) is 1. The summed E-state index contributed by atoms with van der Waals surface area (Å²) < 4.78 is 7.23. The van der Waals surface area contributed by atoms with Gasteiger partial charge < -0.3 is 14.6 Å². The summed E-state index contributed by atoms with van der Waals surface area (Å²) in [5.74, 6) is 1.05. The molecule has 5 nitrogen and oxygen atoms in total. The van der Waals surface area contributed by atoms with Crippen LogP contribution in [0.3, 0.4) is 0 Å². The summed E-state index contributed by atoms with van der Waals surface area (Å²) in [4.78, 5) is 16.2. The number of unbranched alkanes of at least 4 members (excludes halogenated alkanes) is 4. The monoisotopic (exact) mass is 419 g/mol. The van der Waals surface area contributed by atoms with Gasteiger partial charge in [-0.25, -0.2) is 9.78 Å². The molecule has 1 N–H and O–H groups in total. The second kappa shape index (κ2) is 11.9. The lowest BCUT2D eigenvalue weighted by Crippen LogP contribution is -2.25. The highest BCUT2D eigenvalue weighted by Gasteiger charge is 2.17. The lowest BCUT2D eigenvalue weighted by molar-refractivity contribution is 0.152. The molecular weight excluding hydrogens is 386 g/mol. The number of carbonyl (C=O) groups excluding carboxylic acids is 1. The van der Waals surface area contributed by atoms with Gasteiger partial charge in [-0.15, -0.1) is 0 Å². The van der Waals surface area contributed by atoms with Gasteiger partial charge in [-0.3, -0.25) is 0 Å². The zero-order valence-corrected chi connectivity index (χ0v) is 18.6. The van der Waals surface area contributed by atoms with Crippen molar-refractivity contribution in [3.63, 3.8) is 0 Å². The van der Waals surface area contributed by atoms with Crippen molar-refractivity contribution in [3.05, 3.63) is 66.5 Å². The van der Waals surface area contributed by atoms with E-state index in [4.69, 9.17) is 9.72 Å². The average molecular weight is 420 g/mol. The normalized spacial score (nSPS) is 10.8. The number of aromatic nitrogens is 2. The van der Waals surface area contributed by atoms with E-state index < -0.39 is 0 Å². The molecule has 0 spiro atoms. The largest absolute Gasteiger partial charge is 0.450 e. The molecule has 1 amide bonds. The van der Waals surface area contributed by atoms with Gasteiger partial charge in [0.1, 0.15) is 5.82 Å². The molecule has 2 aromatic carbocycles. The third-order valence-corrected chi connectivity index (χ3v) is 5.36. The Kier molecular flexibility index (Phi) is 8.71. The van der Waals surface area contributed by atoms with Crippen LogP contribution in [0.1, 0.15) is 44.9 Å². The maximum Gasteiger partial charge on any atom is 0.407 e. The maximum absolute atomic E-state index is 11.3. The van der Waals surface area contributed by atoms with Crippen LogP contribution < -0.4 is 5.32 Å². The third kappa shape index (κ3) is 6.45. The number of hydrogen-bond acceptors (Lipinski definition) is 3. The number of carbonyl (C=O) groups is 1. The van der Waals surface area contributed by atoms with Crippen molar-refractivity contribution in [3.8, 4) is 22.5 Å². The zero-order chi connectivity index (χ0) is 21.9. The highest BCUT2D eigenvalue weighted by molar-refractivity contribution is 5.79. The first-order chi connectivity index (χ1) is 15.2. The molecule has 0 radical (unpaired) electrons. The molecule has 0 fully saturated rings. The van der Waals surface area contributed by atoms with Crippen molar-refractivity contribution in [2.24, 2.45) is 0 Å². The Labute approximate surface area is 185 Å². The van der Waals surface area contributed by atoms with Gasteiger partial charge in [0, 0.05) is 24.2 Å². The minimum atomic E-state index is -0.319. The molecule has 0 atom stereocenters. The first-order valence-electron chi connectivity index (χ1n) is 11.3. The van der Waals surface area contributed by atoms with Gasteiger partial charge in [-0.05, 0) is 26.7 Å². The molecule has 164 valence electrons. The second-order valence-electron chi connectivity index (χ2n) is 7.65. The topological polar surface area (TPSA) is 56.1 Å². The first kappa shape index (κ1) is 22.6. The van der Waals surface area contributed by atoms with E-state index in [0.29, 0.717) is 13.2 Å². The SMILES string of the molecule is CCOC(=O)NCCCCCCCn1c(C)nc(-c2ccccc2)c1-c1ccccc1. The molecule has 0 aliphatic carbocycles. The van der Waals surface area contributed by atoms with Crippen molar-refractivity contribution in [1.29, 1.82) is 0 Å². The molecule has 31 heavy (non-hydrogen) atoms. The second-order valence-corrected chi connectivity index (χ2v) is 7.65. The summed E-state index contributed by atoms with van der Waals surface area (Å²) in [5, 5.41) is 2.78. The standard InChI is InChI=1S/C26H33N3O2/c1-3-31-26(30)27-19-13-5-4-6-14-20-29-21(2)28-24(22-15-9-7-10-16-22)25(29)23-17-11-8-12-18-23/h7-12,15-18H,3-6,13-14,19-20H2,1-2H3,(H,27,30). The lowest BCUT2D eigenvalue weighted by atomic mass is 10.0. The van der Waals surface area contributed by atoms with E-state index in [1.165, 1.54) is 11.3 Å². The summed E-state index contributed by atoms with van der Waals surface area (Å²) >= 11 is 0. The molecule has 1 heterocycles. The maximum atomic E-state index is 11.3. The zero-order valence-electron chi connectivity index (χ0n) is 18.6.